The van der Waals surface area contributed by atoms with E-state index in [4.69, 9.17) is 10.4 Å². The van der Waals surface area contributed by atoms with E-state index in [0.29, 0.717) is 11.5 Å². The maximum absolute atomic E-state index is 10.7. The second-order valence-electron chi connectivity index (χ2n) is 4.68. The van der Waals surface area contributed by atoms with Crippen molar-refractivity contribution in [2.75, 3.05) is 24.6 Å². The summed E-state index contributed by atoms with van der Waals surface area (Å²) >= 11 is 0. The number of hydrogen-bond acceptors (Lipinski definition) is 5. The first kappa shape index (κ1) is 13.3. The highest BCUT2D eigenvalue weighted by Gasteiger charge is 2.24. The topological polar surface area (TPSA) is 90.4 Å². The van der Waals surface area contributed by atoms with Gasteiger partial charge in [0.1, 0.15) is 6.07 Å². The lowest BCUT2D eigenvalue weighted by atomic mass is 10.1. The molecule has 6 heteroatoms. The summed E-state index contributed by atoms with van der Waals surface area (Å²) in [5.41, 5.74) is 1.01. The molecule has 0 amide bonds. The van der Waals surface area contributed by atoms with E-state index >= 15 is 0 Å². The molecule has 6 nitrogen and oxygen atoms in total. The van der Waals surface area contributed by atoms with Gasteiger partial charge in [0.2, 0.25) is 0 Å². The van der Waals surface area contributed by atoms with Gasteiger partial charge in [0, 0.05) is 31.8 Å². The van der Waals surface area contributed by atoms with Crippen LogP contribution in [-0.2, 0) is 0 Å². The Balaban J connectivity index is 2.22. The smallest absolute Gasteiger partial charge is 0.270 e. The Labute approximate surface area is 111 Å². The van der Waals surface area contributed by atoms with Gasteiger partial charge in [0.05, 0.1) is 16.2 Å². The summed E-state index contributed by atoms with van der Waals surface area (Å²) in [5, 5.41) is 28.7. The lowest BCUT2D eigenvalue weighted by molar-refractivity contribution is -0.384. The largest absolute Gasteiger partial charge is 0.396 e. The third kappa shape index (κ3) is 2.83. The Morgan fingerprint density at radius 1 is 1.58 bits per heavy atom. The lowest BCUT2D eigenvalue weighted by Gasteiger charge is -2.19. The normalized spacial score (nSPS) is 18.3. The van der Waals surface area contributed by atoms with Gasteiger partial charge in [-0.2, -0.15) is 5.26 Å². The fourth-order valence-corrected chi connectivity index (χ4v) is 2.47. The van der Waals surface area contributed by atoms with Crippen molar-refractivity contribution in [1.82, 2.24) is 0 Å². The summed E-state index contributed by atoms with van der Waals surface area (Å²) in [5.74, 6) is 0.423. The molecule has 0 saturated carbocycles. The summed E-state index contributed by atoms with van der Waals surface area (Å²) in [7, 11) is 0. The van der Waals surface area contributed by atoms with Crippen molar-refractivity contribution in [1.29, 1.82) is 5.26 Å². The Morgan fingerprint density at radius 2 is 2.37 bits per heavy atom. The number of non-ortho nitro benzene ring substituents is 1. The van der Waals surface area contributed by atoms with Crippen LogP contribution in [-0.4, -0.2) is 29.7 Å². The van der Waals surface area contributed by atoms with Gasteiger partial charge in [-0.05, 0) is 24.8 Å². The molecule has 1 saturated heterocycles. The van der Waals surface area contributed by atoms with E-state index in [1.165, 1.54) is 12.1 Å². The van der Waals surface area contributed by atoms with Gasteiger partial charge in [-0.25, -0.2) is 0 Å². The Bertz CT molecular complexity index is 524. The fraction of sp³-hybridized carbons (Fsp3) is 0.462. The molecule has 19 heavy (non-hydrogen) atoms. The molecular formula is C13H15N3O3. The van der Waals surface area contributed by atoms with E-state index in [-0.39, 0.29) is 12.3 Å². The highest BCUT2D eigenvalue weighted by Crippen LogP contribution is 2.30. The van der Waals surface area contributed by atoms with Crippen molar-refractivity contribution in [2.24, 2.45) is 5.92 Å². The van der Waals surface area contributed by atoms with Gasteiger partial charge in [-0.15, -0.1) is 0 Å². The second-order valence-corrected chi connectivity index (χ2v) is 4.68. The van der Waals surface area contributed by atoms with Crippen molar-refractivity contribution >= 4 is 11.4 Å². The van der Waals surface area contributed by atoms with Gasteiger partial charge in [0.15, 0.2) is 0 Å². The minimum Gasteiger partial charge on any atom is -0.396 e. The van der Waals surface area contributed by atoms with Crippen molar-refractivity contribution in [3.63, 3.8) is 0 Å². The first-order valence-corrected chi connectivity index (χ1v) is 6.20. The van der Waals surface area contributed by atoms with E-state index in [9.17, 15) is 10.1 Å². The molecule has 100 valence electrons. The third-order valence-corrected chi connectivity index (χ3v) is 3.48. The number of aliphatic hydroxyl groups excluding tert-OH is 1. The Morgan fingerprint density at radius 3 is 3.00 bits per heavy atom. The number of aliphatic hydroxyl groups is 1. The number of nitro groups is 1. The molecule has 0 radical (unpaired) electrons. The quantitative estimate of drug-likeness (QED) is 0.657. The number of anilines is 1. The van der Waals surface area contributed by atoms with Gasteiger partial charge >= 0.3 is 0 Å². The molecule has 1 atom stereocenters. The van der Waals surface area contributed by atoms with Crippen LogP contribution in [0.3, 0.4) is 0 Å². The van der Waals surface area contributed by atoms with Crippen molar-refractivity contribution in [3.05, 3.63) is 33.9 Å². The van der Waals surface area contributed by atoms with Crippen LogP contribution in [0.25, 0.3) is 0 Å². The molecule has 0 bridgehead atoms. The Hall–Kier alpha value is -2.13. The van der Waals surface area contributed by atoms with Crippen LogP contribution in [0.4, 0.5) is 11.4 Å². The van der Waals surface area contributed by atoms with Gasteiger partial charge in [-0.1, -0.05) is 0 Å². The predicted molar refractivity (Wildman–Crippen MR) is 69.8 cm³/mol. The van der Waals surface area contributed by atoms with Crippen LogP contribution in [0, 0.1) is 27.4 Å². The molecule has 1 aromatic rings. The summed E-state index contributed by atoms with van der Waals surface area (Å²) < 4.78 is 0. The molecule has 1 N–H and O–H groups in total. The molecule has 1 aliphatic rings. The molecule has 1 fully saturated rings. The van der Waals surface area contributed by atoms with Crippen LogP contribution in [0.15, 0.2) is 18.2 Å². The number of nitro benzene ring substituents is 1. The minimum absolute atomic E-state index is 0.0635. The van der Waals surface area contributed by atoms with Crippen LogP contribution < -0.4 is 4.90 Å². The number of nitriles is 1. The molecule has 1 heterocycles. The summed E-state index contributed by atoms with van der Waals surface area (Å²) in [6, 6.07) is 6.40. The van der Waals surface area contributed by atoms with E-state index in [1.807, 2.05) is 6.07 Å². The molecule has 0 aliphatic carbocycles. The zero-order chi connectivity index (χ0) is 13.8. The van der Waals surface area contributed by atoms with Gasteiger partial charge < -0.3 is 10.0 Å². The minimum atomic E-state index is -0.497. The van der Waals surface area contributed by atoms with Crippen LogP contribution >= 0.6 is 0 Å². The second kappa shape index (κ2) is 5.67. The first-order valence-electron chi connectivity index (χ1n) is 6.20. The molecule has 2 rings (SSSR count). The SMILES string of the molecule is N#Cc1cc([N+](=O)[O-])ccc1N1CCC(CCO)C1. The number of rotatable bonds is 4. The molecule has 1 aliphatic heterocycles. The number of benzene rings is 1. The van der Waals surface area contributed by atoms with E-state index in [2.05, 4.69) is 4.90 Å². The number of nitrogens with zero attached hydrogens (tertiary/aromatic N) is 3. The summed E-state index contributed by atoms with van der Waals surface area (Å²) in [6.45, 7) is 1.77. The zero-order valence-electron chi connectivity index (χ0n) is 10.5. The van der Waals surface area contributed by atoms with Crippen molar-refractivity contribution < 1.29 is 10.0 Å². The maximum atomic E-state index is 10.7. The van der Waals surface area contributed by atoms with Gasteiger partial charge in [-0.3, -0.25) is 10.1 Å². The van der Waals surface area contributed by atoms with E-state index < -0.39 is 4.92 Å². The maximum Gasteiger partial charge on any atom is 0.270 e. The van der Waals surface area contributed by atoms with Crippen LogP contribution in [0.1, 0.15) is 18.4 Å². The molecule has 1 aromatic carbocycles. The standard InChI is InChI=1S/C13H15N3O3/c14-8-11-7-12(16(18)19)1-2-13(11)15-5-3-10(9-15)4-6-17/h1-2,7,10,17H,3-6,9H2. The molecule has 1 unspecified atom stereocenters. The number of hydrogen-bond donors (Lipinski definition) is 1. The molecule has 0 spiro atoms. The molecule has 0 aromatic heterocycles. The van der Waals surface area contributed by atoms with E-state index in [0.717, 1.165) is 31.6 Å². The van der Waals surface area contributed by atoms with Gasteiger partial charge in [0.25, 0.3) is 5.69 Å². The van der Waals surface area contributed by atoms with Crippen LogP contribution in [0.2, 0.25) is 0 Å². The zero-order valence-corrected chi connectivity index (χ0v) is 10.5. The average Bonchev–Trinajstić information content (AvgIpc) is 2.86. The van der Waals surface area contributed by atoms with Crippen molar-refractivity contribution in [2.45, 2.75) is 12.8 Å². The summed E-state index contributed by atoms with van der Waals surface area (Å²) in [4.78, 5) is 12.3. The Kier molecular flexibility index (Phi) is 3.97. The predicted octanol–water partition coefficient (Wildman–Crippen LogP) is 1.68. The van der Waals surface area contributed by atoms with Crippen LogP contribution in [0.5, 0.6) is 0 Å². The highest BCUT2D eigenvalue weighted by atomic mass is 16.6. The fourth-order valence-electron chi connectivity index (χ4n) is 2.47. The van der Waals surface area contributed by atoms with Crippen molar-refractivity contribution in [3.8, 4) is 6.07 Å². The van der Waals surface area contributed by atoms with E-state index in [1.54, 1.807) is 6.07 Å². The summed E-state index contributed by atoms with van der Waals surface area (Å²) in [6.07, 6.45) is 1.73. The third-order valence-electron chi connectivity index (χ3n) is 3.48. The average molecular weight is 261 g/mol. The first-order chi connectivity index (χ1) is 9.15. The molecular weight excluding hydrogens is 246 g/mol. The highest BCUT2D eigenvalue weighted by molar-refractivity contribution is 5.63. The lowest BCUT2D eigenvalue weighted by Crippen LogP contribution is -2.21. The monoisotopic (exact) mass is 261 g/mol.